The van der Waals surface area contributed by atoms with Gasteiger partial charge in [0.2, 0.25) is 0 Å². The monoisotopic (exact) mass is 472 g/mol. The molecule has 6 nitrogen and oxygen atoms in total. The Morgan fingerprint density at radius 1 is 0.882 bits per heavy atom. The molecule has 1 amide bonds. The first-order chi connectivity index (χ1) is 16.2. The Bertz CT molecular complexity index is 1310. The van der Waals surface area contributed by atoms with E-state index in [1.165, 1.54) is 12.4 Å². The molecule has 4 rings (SSSR count). The van der Waals surface area contributed by atoms with E-state index in [0.29, 0.717) is 5.75 Å². The first kappa shape index (κ1) is 22.8. The third-order valence-corrected chi connectivity index (χ3v) is 4.53. The smallest absolute Gasteiger partial charge is 0.417 e. The molecule has 2 aromatic carbocycles. The van der Waals surface area contributed by atoms with Gasteiger partial charge in [-0.25, -0.2) is 13.8 Å². The van der Waals surface area contributed by atoms with Crippen LogP contribution in [0.4, 0.5) is 27.8 Å². The third kappa shape index (κ3) is 4.98. The maximum atomic E-state index is 13.8. The Balaban J connectivity index is 1.63. The zero-order valence-electron chi connectivity index (χ0n) is 17.0. The van der Waals surface area contributed by atoms with Crippen molar-refractivity contribution in [2.24, 2.45) is 0 Å². The van der Waals surface area contributed by atoms with Crippen LogP contribution in [0.3, 0.4) is 0 Å². The number of aromatic nitrogens is 3. The number of anilines is 1. The molecule has 4 aromatic rings. The number of hydrogen-bond acceptors (Lipinski definition) is 5. The van der Waals surface area contributed by atoms with E-state index < -0.39 is 34.8 Å². The van der Waals surface area contributed by atoms with E-state index in [2.05, 4.69) is 20.3 Å². The van der Waals surface area contributed by atoms with E-state index in [4.69, 9.17) is 4.74 Å². The number of alkyl halides is 3. The van der Waals surface area contributed by atoms with Gasteiger partial charge < -0.3 is 10.1 Å². The lowest BCUT2D eigenvalue weighted by Gasteiger charge is -2.14. The molecule has 0 atom stereocenters. The predicted octanol–water partition coefficient (Wildman–Crippen LogP) is 5.88. The fourth-order valence-corrected chi connectivity index (χ4v) is 3.01. The number of halogens is 5. The van der Waals surface area contributed by atoms with Gasteiger partial charge in [0.1, 0.15) is 28.7 Å². The van der Waals surface area contributed by atoms with Crippen LogP contribution >= 0.6 is 0 Å². The number of carbonyl (C=O) groups is 1. The minimum absolute atomic E-state index is 0.102. The van der Waals surface area contributed by atoms with Crippen molar-refractivity contribution in [2.75, 3.05) is 5.32 Å². The van der Waals surface area contributed by atoms with E-state index in [-0.39, 0.29) is 22.8 Å². The summed E-state index contributed by atoms with van der Waals surface area (Å²) in [5, 5.41) is 2.16. The topological polar surface area (TPSA) is 77.0 Å². The van der Waals surface area contributed by atoms with Crippen LogP contribution in [-0.4, -0.2) is 20.9 Å². The van der Waals surface area contributed by atoms with Gasteiger partial charge in [0, 0.05) is 11.8 Å². The summed E-state index contributed by atoms with van der Waals surface area (Å²) in [7, 11) is 0. The van der Waals surface area contributed by atoms with Gasteiger partial charge in [-0.3, -0.25) is 14.8 Å². The maximum Gasteiger partial charge on any atom is 0.417 e. The van der Waals surface area contributed by atoms with Crippen LogP contribution in [0.25, 0.3) is 11.3 Å². The highest BCUT2D eigenvalue weighted by Gasteiger charge is 2.34. The van der Waals surface area contributed by atoms with Crippen molar-refractivity contribution in [1.82, 2.24) is 15.0 Å². The molecule has 0 spiro atoms. The van der Waals surface area contributed by atoms with Gasteiger partial charge >= 0.3 is 6.18 Å². The molecule has 0 radical (unpaired) electrons. The number of hydrogen-bond donors (Lipinski definition) is 1. The normalized spacial score (nSPS) is 11.2. The van der Waals surface area contributed by atoms with Gasteiger partial charge in [-0.05, 0) is 42.5 Å². The maximum absolute atomic E-state index is 13.8. The first-order valence-electron chi connectivity index (χ1n) is 9.59. The summed E-state index contributed by atoms with van der Waals surface area (Å²) >= 11 is 0. The van der Waals surface area contributed by atoms with Crippen molar-refractivity contribution in [3.8, 4) is 22.8 Å². The molecule has 0 unspecified atom stereocenters. The molecule has 0 fully saturated rings. The Morgan fingerprint density at radius 2 is 1.65 bits per heavy atom. The number of ether oxygens (including phenoxy) is 1. The van der Waals surface area contributed by atoms with Crippen molar-refractivity contribution in [3.63, 3.8) is 0 Å². The van der Waals surface area contributed by atoms with E-state index >= 15 is 0 Å². The minimum Gasteiger partial charge on any atom is -0.456 e. The number of nitrogens with zero attached hydrogens (tertiary/aromatic N) is 3. The van der Waals surface area contributed by atoms with E-state index in [9.17, 15) is 26.7 Å². The fraction of sp³-hybridized carbons (Fsp3) is 0.0435. The van der Waals surface area contributed by atoms with E-state index in [1.54, 1.807) is 12.1 Å². The van der Waals surface area contributed by atoms with Gasteiger partial charge in [-0.15, -0.1) is 0 Å². The van der Waals surface area contributed by atoms with Gasteiger partial charge in [0.15, 0.2) is 5.82 Å². The van der Waals surface area contributed by atoms with Crippen LogP contribution in [0.1, 0.15) is 15.9 Å². The number of pyridine rings is 1. The van der Waals surface area contributed by atoms with Crippen molar-refractivity contribution < 1.29 is 31.5 Å². The highest BCUT2D eigenvalue weighted by atomic mass is 19.4. The second kappa shape index (κ2) is 9.22. The van der Waals surface area contributed by atoms with Crippen molar-refractivity contribution in [1.29, 1.82) is 0 Å². The third-order valence-electron chi connectivity index (χ3n) is 4.53. The van der Waals surface area contributed by atoms with Crippen LogP contribution < -0.4 is 10.1 Å². The average Bonchev–Trinajstić information content (AvgIpc) is 2.79. The van der Waals surface area contributed by atoms with Crippen LogP contribution in [-0.2, 0) is 6.18 Å². The SMILES string of the molecule is O=C(Nc1cnc(-c2cc(Oc3cccnc3)ccc2C(F)(F)F)cn1)c1c(F)cccc1F. The lowest BCUT2D eigenvalue weighted by molar-refractivity contribution is -0.137. The molecular formula is C23H13F5N4O2. The molecule has 1 N–H and O–H groups in total. The molecule has 2 heterocycles. The number of amides is 1. The zero-order valence-corrected chi connectivity index (χ0v) is 17.0. The van der Waals surface area contributed by atoms with Gasteiger partial charge in [-0.1, -0.05) is 6.07 Å². The van der Waals surface area contributed by atoms with Gasteiger partial charge in [0.25, 0.3) is 5.91 Å². The lowest BCUT2D eigenvalue weighted by atomic mass is 10.0. The summed E-state index contributed by atoms with van der Waals surface area (Å²) in [6.07, 6.45) is 0.181. The number of rotatable bonds is 5. The Hall–Kier alpha value is -4.41. The van der Waals surface area contributed by atoms with Crippen LogP contribution in [0.5, 0.6) is 11.5 Å². The standard InChI is InChI=1S/C23H13F5N4O2/c24-17-4-1-5-18(25)21(17)22(33)32-20-12-30-19(11-31-20)15-9-13(6-7-16(15)23(26,27)28)34-14-3-2-8-29-10-14/h1-12H,(H,31,32,33). The highest BCUT2D eigenvalue weighted by Crippen LogP contribution is 2.39. The van der Waals surface area contributed by atoms with Crippen molar-refractivity contribution >= 4 is 11.7 Å². The molecule has 0 saturated carbocycles. The van der Waals surface area contributed by atoms with Gasteiger partial charge in [-0.2, -0.15) is 13.2 Å². The van der Waals surface area contributed by atoms with Crippen molar-refractivity contribution in [3.05, 3.63) is 96.1 Å². The summed E-state index contributed by atoms with van der Waals surface area (Å²) in [6, 6.07) is 9.25. The Labute approximate surface area is 189 Å². The molecule has 0 aliphatic heterocycles. The summed E-state index contributed by atoms with van der Waals surface area (Å²) in [6.45, 7) is 0. The first-order valence-corrected chi connectivity index (χ1v) is 9.59. The molecule has 0 aliphatic rings. The van der Waals surface area contributed by atoms with Crippen LogP contribution in [0.15, 0.2) is 73.3 Å². The number of benzene rings is 2. The van der Waals surface area contributed by atoms with E-state index in [0.717, 1.165) is 48.8 Å². The molecule has 0 bridgehead atoms. The molecular weight excluding hydrogens is 459 g/mol. The van der Waals surface area contributed by atoms with E-state index in [1.807, 2.05) is 0 Å². The fourth-order valence-electron chi connectivity index (χ4n) is 3.01. The second-order valence-electron chi connectivity index (χ2n) is 6.83. The Morgan fingerprint density at radius 3 is 2.26 bits per heavy atom. The lowest BCUT2D eigenvalue weighted by Crippen LogP contribution is -2.16. The quantitative estimate of drug-likeness (QED) is 0.367. The Kier molecular flexibility index (Phi) is 6.17. The van der Waals surface area contributed by atoms with Crippen molar-refractivity contribution in [2.45, 2.75) is 6.18 Å². The highest BCUT2D eigenvalue weighted by molar-refractivity contribution is 6.04. The van der Waals surface area contributed by atoms with Crippen LogP contribution in [0.2, 0.25) is 0 Å². The van der Waals surface area contributed by atoms with Gasteiger partial charge in [0.05, 0.1) is 29.8 Å². The molecule has 2 aromatic heterocycles. The largest absolute Gasteiger partial charge is 0.456 e. The molecule has 0 saturated heterocycles. The number of carbonyl (C=O) groups excluding carboxylic acids is 1. The zero-order chi connectivity index (χ0) is 24.3. The molecule has 11 heteroatoms. The average molecular weight is 472 g/mol. The summed E-state index contributed by atoms with van der Waals surface area (Å²) in [4.78, 5) is 23.9. The molecule has 34 heavy (non-hydrogen) atoms. The molecule has 172 valence electrons. The predicted molar refractivity (Wildman–Crippen MR) is 111 cm³/mol. The summed E-state index contributed by atoms with van der Waals surface area (Å²) < 4.78 is 73.9. The summed E-state index contributed by atoms with van der Waals surface area (Å²) in [5.74, 6) is -3.08. The van der Waals surface area contributed by atoms with Crippen LogP contribution in [0, 0.1) is 11.6 Å². The second-order valence-corrected chi connectivity index (χ2v) is 6.83. The minimum atomic E-state index is -4.70. The number of nitrogens with one attached hydrogen (secondary N) is 1. The molecule has 0 aliphatic carbocycles. The summed E-state index contributed by atoms with van der Waals surface area (Å²) in [5.41, 5.74) is -2.29.